The first-order valence-corrected chi connectivity index (χ1v) is 12.9. The maximum absolute atomic E-state index is 12.0. The molecule has 5 aliphatic carbocycles. The molecule has 2 aliphatic heterocycles. The fourth-order valence-corrected chi connectivity index (χ4v) is 11.4. The molecule has 186 valence electrons. The number of ether oxygens (including phenoxy) is 5. The Kier molecular flexibility index (Phi) is 4.46. The summed E-state index contributed by atoms with van der Waals surface area (Å²) in [5, 5.41) is 23.8. The third-order valence-corrected chi connectivity index (χ3v) is 11.8. The van der Waals surface area contributed by atoms with Gasteiger partial charge in [-0.15, -0.1) is 0 Å². The molecule has 2 N–H and O–H groups in total. The summed E-state index contributed by atoms with van der Waals surface area (Å²) in [6.07, 6.45) is 1.90. The number of likely N-dealkylation sites (N-methyl/N-ethyl adjacent to an activating group) is 1. The molecule has 0 amide bonds. The van der Waals surface area contributed by atoms with Crippen LogP contribution in [0.25, 0.3) is 0 Å². The van der Waals surface area contributed by atoms with Crippen LogP contribution in [-0.2, 0) is 23.7 Å². The van der Waals surface area contributed by atoms with Gasteiger partial charge in [0.1, 0.15) is 18.0 Å². The Hall–Kier alpha value is -0.320. The van der Waals surface area contributed by atoms with Crippen molar-refractivity contribution in [2.45, 2.75) is 74.3 Å². The molecule has 5 saturated carbocycles. The van der Waals surface area contributed by atoms with Gasteiger partial charge in [0.2, 0.25) is 0 Å². The van der Waals surface area contributed by atoms with Crippen molar-refractivity contribution in [3.8, 4) is 0 Å². The zero-order valence-electron chi connectivity index (χ0n) is 20.2. The van der Waals surface area contributed by atoms with Crippen molar-refractivity contribution in [3.63, 3.8) is 0 Å². The molecule has 5 unspecified atom stereocenters. The number of aliphatic hydroxyl groups excluding tert-OH is 2. The summed E-state index contributed by atoms with van der Waals surface area (Å²) in [5.41, 5.74) is -1.99. The highest BCUT2D eigenvalue weighted by atomic mass is 16.7. The van der Waals surface area contributed by atoms with Gasteiger partial charge in [-0.1, -0.05) is 6.92 Å². The quantitative estimate of drug-likeness (QED) is 0.612. The fraction of sp³-hybridized carbons (Fsp3) is 1.00. The van der Waals surface area contributed by atoms with Crippen LogP contribution in [0.1, 0.15) is 32.6 Å². The summed E-state index contributed by atoms with van der Waals surface area (Å²) in [7, 11) is 5.34. The van der Waals surface area contributed by atoms with E-state index >= 15 is 0 Å². The Morgan fingerprint density at radius 3 is 2.64 bits per heavy atom. The lowest BCUT2D eigenvalue weighted by atomic mass is 9.42. The predicted molar refractivity (Wildman–Crippen MR) is 116 cm³/mol. The number of methoxy groups -OCH3 is 3. The lowest BCUT2D eigenvalue weighted by molar-refractivity contribution is -0.282. The third kappa shape index (κ3) is 1.98. The lowest BCUT2D eigenvalue weighted by Gasteiger charge is -2.69. The maximum Gasteiger partial charge on any atom is 0.148 e. The fourth-order valence-electron chi connectivity index (χ4n) is 11.4. The predicted octanol–water partition coefficient (Wildman–Crippen LogP) is 0.637. The number of hydrogen-bond acceptors (Lipinski definition) is 8. The number of fused-ring (bicyclic) bond motifs is 1. The molecule has 3 spiro atoms. The van der Waals surface area contributed by atoms with Crippen molar-refractivity contribution >= 4 is 0 Å². The molecular formula is C25H39NO7. The van der Waals surface area contributed by atoms with Crippen molar-refractivity contribution in [2.24, 2.45) is 34.5 Å². The minimum absolute atomic E-state index is 0.0180. The largest absolute Gasteiger partial charge is 0.392 e. The second kappa shape index (κ2) is 6.71. The highest BCUT2D eigenvalue weighted by Crippen LogP contribution is 2.82. The van der Waals surface area contributed by atoms with Gasteiger partial charge in [0, 0.05) is 62.9 Å². The van der Waals surface area contributed by atoms with Crippen LogP contribution in [-0.4, -0.2) is 105 Å². The number of hydrogen-bond donors (Lipinski definition) is 2. The van der Waals surface area contributed by atoms with Crippen molar-refractivity contribution in [1.82, 2.24) is 4.90 Å². The zero-order chi connectivity index (χ0) is 23.0. The second-order valence-corrected chi connectivity index (χ2v) is 12.0. The lowest BCUT2D eigenvalue weighted by Crippen LogP contribution is -2.81. The van der Waals surface area contributed by atoms with Gasteiger partial charge in [0.15, 0.2) is 0 Å². The highest BCUT2D eigenvalue weighted by molar-refractivity contribution is 5.42. The summed E-state index contributed by atoms with van der Waals surface area (Å²) in [6, 6.07) is -0.0180. The van der Waals surface area contributed by atoms with Crippen molar-refractivity contribution in [3.05, 3.63) is 0 Å². The Balaban J connectivity index is 1.56. The van der Waals surface area contributed by atoms with Crippen LogP contribution in [0.2, 0.25) is 0 Å². The molecule has 7 bridgehead atoms. The van der Waals surface area contributed by atoms with Crippen LogP contribution in [0.15, 0.2) is 0 Å². The molecule has 7 rings (SSSR count). The molecule has 0 radical (unpaired) electrons. The van der Waals surface area contributed by atoms with Gasteiger partial charge in [-0.3, -0.25) is 4.90 Å². The molecule has 0 aromatic carbocycles. The maximum atomic E-state index is 12.0. The van der Waals surface area contributed by atoms with Gasteiger partial charge < -0.3 is 33.9 Å². The monoisotopic (exact) mass is 465 g/mol. The number of rotatable bonds is 5. The first-order chi connectivity index (χ1) is 15.9. The van der Waals surface area contributed by atoms with Crippen LogP contribution >= 0.6 is 0 Å². The minimum Gasteiger partial charge on any atom is -0.392 e. The minimum atomic E-state index is -0.753. The summed E-state index contributed by atoms with van der Waals surface area (Å²) >= 11 is 0. The van der Waals surface area contributed by atoms with E-state index in [9.17, 15) is 10.2 Å². The van der Waals surface area contributed by atoms with Gasteiger partial charge in [0.25, 0.3) is 0 Å². The van der Waals surface area contributed by atoms with E-state index in [-0.39, 0.29) is 54.1 Å². The van der Waals surface area contributed by atoms with Gasteiger partial charge in [-0.05, 0) is 31.7 Å². The average molecular weight is 466 g/mol. The van der Waals surface area contributed by atoms with E-state index in [1.807, 2.05) is 0 Å². The molecule has 7 fully saturated rings. The van der Waals surface area contributed by atoms with E-state index in [0.29, 0.717) is 13.0 Å². The van der Waals surface area contributed by atoms with E-state index in [0.717, 1.165) is 32.4 Å². The van der Waals surface area contributed by atoms with E-state index < -0.39 is 28.8 Å². The van der Waals surface area contributed by atoms with Crippen molar-refractivity contribution in [1.29, 1.82) is 0 Å². The van der Waals surface area contributed by atoms with E-state index in [1.165, 1.54) is 0 Å². The number of aliphatic hydroxyl groups is 2. The molecule has 33 heavy (non-hydrogen) atoms. The molecule has 7 aliphatic rings. The standard InChI is InChI=1S/C25H39NO7/c1-5-26-10-22(11-29-2)7-6-16(27)24-14-8-13-15(30-3)9-23(17(14)18(13)28)25(21(24)26,33-12-32-23)20(31-4)19(22)24/h13-21,27-28H,5-12H2,1-4H3/t13?,14-,15+,16?,17-,18?,19-,20+,21?,22+,23-,24?,25+/m1/s1. The van der Waals surface area contributed by atoms with Crippen LogP contribution < -0.4 is 0 Å². The average Bonchev–Trinajstić information content (AvgIpc) is 3.36. The topological polar surface area (TPSA) is 89.9 Å². The van der Waals surface area contributed by atoms with Crippen LogP contribution in [0.4, 0.5) is 0 Å². The first-order valence-electron chi connectivity index (χ1n) is 12.9. The molecule has 2 heterocycles. The van der Waals surface area contributed by atoms with Gasteiger partial charge in [0.05, 0.1) is 37.1 Å². The Morgan fingerprint density at radius 1 is 1.12 bits per heavy atom. The summed E-state index contributed by atoms with van der Waals surface area (Å²) in [6.45, 7) is 4.83. The Morgan fingerprint density at radius 2 is 1.94 bits per heavy atom. The summed E-state index contributed by atoms with van der Waals surface area (Å²) < 4.78 is 31.9. The van der Waals surface area contributed by atoms with Crippen LogP contribution in [0.5, 0.6) is 0 Å². The van der Waals surface area contributed by atoms with Gasteiger partial charge in [-0.2, -0.15) is 0 Å². The molecule has 2 saturated heterocycles. The number of likely N-dealkylation sites (tertiary alicyclic amines) is 1. The van der Waals surface area contributed by atoms with E-state index in [1.54, 1.807) is 21.3 Å². The molecular weight excluding hydrogens is 426 g/mol. The number of nitrogens with zero attached hydrogens (tertiary/aromatic N) is 1. The first kappa shape index (κ1) is 21.9. The van der Waals surface area contributed by atoms with Crippen molar-refractivity contribution in [2.75, 3.05) is 47.8 Å². The third-order valence-electron chi connectivity index (χ3n) is 11.8. The molecule has 8 nitrogen and oxygen atoms in total. The molecule has 13 atom stereocenters. The van der Waals surface area contributed by atoms with Crippen LogP contribution in [0, 0.1) is 34.5 Å². The molecule has 8 heteroatoms. The second-order valence-electron chi connectivity index (χ2n) is 12.0. The SMILES string of the molecule is CCN1C[C@]2(COC)CCC(O)C34C1[C@@]1(OCO[C@@]15C[C@H](OC)C1C[C@@H]3[C@@H]5C1O)[C@@H](OC)[C@@H]42. The van der Waals surface area contributed by atoms with Crippen molar-refractivity contribution < 1.29 is 33.9 Å². The van der Waals surface area contributed by atoms with E-state index in [2.05, 4.69) is 11.8 Å². The van der Waals surface area contributed by atoms with E-state index in [4.69, 9.17) is 23.7 Å². The van der Waals surface area contributed by atoms with Gasteiger partial charge >= 0.3 is 0 Å². The Labute approximate surface area is 195 Å². The zero-order valence-corrected chi connectivity index (χ0v) is 20.2. The number of piperidine rings is 1. The molecule has 0 aromatic rings. The molecule has 0 aromatic heterocycles. The summed E-state index contributed by atoms with van der Waals surface area (Å²) in [4.78, 5) is 2.56. The van der Waals surface area contributed by atoms with Gasteiger partial charge in [-0.25, -0.2) is 0 Å². The summed E-state index contributed by atoms with van der Waals surface area (Å²) in [5.74, 6) is 0.199. The van der Waals surface area contributed by atoms with Crippen LogP contribution in [0.3, 0.4) is 0 Å². The normalized spacial score (nSPS) is 62.5. The smallest absolute Gasteiger partial charge is 0.148 e. The highest BCUT2D eigenvalue weighted by Gasteiger charge is 2.93. The Bertz CT molecular complexity index is 844.